The Bertz CT molecular complexity index is 1270. The second-order valence-electron chi connectivity index (χ2n) is 7.15. The van der Waals surface area contributed by atoms with Gasteiger partial charge in [-0.05, 0) is 52.4 Å². The average molecular weight is 456 g/mol. The zero-order valence-electron chi connectivity index (χ0n) is 17.0. The molecule has 0 aliphatic carbocycles. The highest BCUT2D eigenvalue weighted by molar-refractivity contribution is 8.00. The van der Waals surface area contributed by atoms with Crippen molar-refractivity contribution in [1.29, 1.82) is 0 Å². The molecule has 0 aliphatic heterocycles. The van der Waals surface area contributed by atoms with Crippen molar-refractivity contribution in [3.8, 4) is 5.75 Å². The van der Waals surface area contributed by atoms with Gasteiger partial charge in [0.05, 0.1) is 24.2 Å². The lowest BCUT2D eigenvalue weighted by molar-refractivity contribution is -0.117. The Morgan fingerprint density at radius 1 is 1.03 bits per heavy atom. The van der Waals surface area contributed by atoms with Crippen LogP contribution in [0.2, 0.25) is 0 Å². The van der Waals surface area contributed by atoms with Crippen molar-refractivity contribution >= 4 is 45.0 Å². The van der Waals surface area contributed by atoms with E-state index in [1.165, 1.54) is 0 Å². The number of carbonyl (C=O) groups excluding carboxylic acids is 1. The molecule has 164 valence electrons. The Hall–Kier alpha value is -3.26. The number of alkyl halides is 3. The minimum atomic E-state index is -4.44. The van der Waals surface area contributed by atoms with Gasteiger partial charge in [-0.3, -0.25) is 9.78 Å². The molecule has 0 bridgehead atoms. The molecule has 0 saturated heterocycles. The summed E-state index contributed by atoms with van der Waals surface area (Å²) in [6.07, 6.45) is 1.60. The van der Waals surface area contributed by atoms with E-state index in [9.17, 15) is 18.0 Å². The summed E-state index contributed by atoms with van der Waals surface area (Å²) >= 11 is -0.206. The Morgan fingerprint density at radius 2 is 1.78 bits per heavy atom. The third kappa shape index (κ3) is 4.96. The zero-order chi connectivity index (χ0) is 22.7. The molecule has 3 aromatic carbocycles. The molecule has 0 spiro atoms. The van der Waals surface area contributed by atoms with E-state index in [-0.39, 0.29) is 11.8 Å². The van der Waals surface area contributed by atoms with Gasteiger partial charge in [-0.2, -0.15) is 13.2 Å². The van der Waals surface area contributed by atoms with Crippen LogP contribution in [0.3, 0.4) is 0 Å². The number of para-hydroxylation sites is 1. The Morgan fingerprint density at radius 3 is 2.56 bits per heavy atom. The van der Waals surface area contributed by atoms with Crippen molar-refractivity contribution in [3.63, 3.8) is 0 Å². The second-order valence-corrected chi connectivity index (χ2v) is 8.24. The largest absolute Gasteiger partial charge is 0.497 e. The van der Waals surface area contributed by atoms with Crippen LogP contribution in [-0.2, 0) is 4.79 Å². The van der Waals surface area contributed by atoms with Crippen molar-refractivity contribution in [2.45, 2.75) is 11.4 Å². The lowest BCUT2D eigenvalue weighted by Crippen LogP contribution is -2.24. The zero-order valence-corrected chi connectivity index (χ0v) is 17.8. The number of pyridine rings is 1. The van der Waals surface area contributed by atoms with Gasteiger partial charge in [-0.15, -0.1) is 0 Å². The van der Waals surface area contributed by atoms with Gasteiger partial charge in [0, 0.05) is 17.3 Å². The highest BCUT2D eigenvalue weighted by atomic mass is 32.2. The predicted octanol–water partition coefficient (Wildman–Crippen LogP) is 6.37. The van der Waals surface area contributed by atoms with Gasteiger partial charge in [0.2, 0.25) is 5.91 Å². The van der Waals surface area contributed by atoms with Gasteiger partial charge in [0.1, 0.15) is 5.75 Å². The number of aromatic nitrogens is 1. The van der Waals surface area contributed by atoms with E-state index >= 15 is 0 Å². The van der Waals surface area contributed by atoms with Crippen LogP contribution in [0.25, 0.3) is 21.7 Å². The molecule has 32 heavy (non-hydrogen) atoms. The number of ether oxygens (including phenoxy) is 1. The van der Waals surface area contributed by atoms with E-state index in [0.29, 0.717) is 22.5 Å². The third-order valence-corrected chi connectivity index (χ3v) is 5.92. The molecule has 0 fully saturated rings. The number of benzene rings is 3. The fourth-order valence-electron chi connectivity index (χ4n) is 3.51. The SMILES string of the molecule is COc1ccc2cc([C@H](CSC(F)(F)F)C(=O)Nc3cccc4cccnc34)ccc2c1. The van der Waals surface area contributed by atoms with Crippen LogP contribution in [-0.4, -0.2) is 29.3 Å². The molecule has 1 aromatic heterocycles. The van der Waals surface area contributed by atoms with Crippen molar-refractivity contribution < 1.29 is 22.7 Å². The van der Waals surface area contributed by atoms with Gasteiger partial charge in [0.25, 0.3) is 0 Å². The lowest BCUT2D eigenvalue weighted by Gasteiger charge is -2.19. The van der Waals surface area contributed by atoms with Gasteiger partial charge < -0.3 is 10.1 Å². The normalized spacial score (nSPS) is 12.6. The summed E-state index contributed by atoms with van der Waals surface area (Å²) in [5, 5.41) is 5.29. The number of carbonyl (C=O) groups is 1. The molecule has 0 radical (unpaired) electrons. The number of halogens is 3. The molecular formula is C24H19F3N2O2S. The molecule has 4 rings (SSSR count). The summed E-state index contributed by atoms with van der Waals surface area (Å²) in [7, 11) is 1.56. The maximum Gasteiger partial charge on any atom is 0.441 e. The number of methoxy groups -OCH3 is 1. The third-order valence-electron chi connectivity index (χ3n) is 5.09. The molecule has 1 N–H and O–H groups in total. The minimum Gasteiger partial charge on any atom is -0.497 e. The fraction of sp³-hybridized carbons (Fsp3) is 0.167. The quantitative estimate of drug-likeness (QED) is 0.366. The van der Waals surface area contributed by atoms with Crippen LogP contribution in [0, 0.1) is 0 Å². The summed E-state index contributed by atoms with van der Waals surface area (Å²) in [6, 6.07) is 19.6. The number of amides is 1. The average Bonchev–Trinajstić information content (AvgIpc) is 2.78. The smallest absolute Gasteiger partial charge is 0.441 e. The predicted molar refractivity (Wildman–Crippen MR) is 122 cm³/mol. The second kappa shape index (κ2) is 9.08. The number of rotatable bonds is 6. The molecule has 0 aliphatic rings. The van der Waals surface area contributed by atoms with E-state index in [0.717, 1.165) is 16.2 Å². The van der Waals surface area contributed by atoms with Gasteiger partial charge in [-0.25, -0.2) is 0 Å². The first-order chi connectivity index (χ1) is 15.3. The van der Waals surface area contributed by atoms with E-state index in [4.69, 9.17) is 4.74 Å². The highest BCUT2D eigenvalue weighted by Crippen LogP contribution is 2.36. The van der Waals surface area contributed by atoms with Crippen molar-refractivity contribution in [2.24, 2.45) is 0 Å². The van der Waals surface area contributed by atoms with Crippen LogP contribution in [0.1, 0.15) is 11.5 Å². The van der Waals surface area contributed by atoms with Crippen LogP contribution in [0.15, 0.2) is 72.9 Å². The van der Waals surface area contributed by atoms with Crippen LogP contribution < -0.4 is 10.1 Å². The highest BCUT2D eigenvalue weighted by Gasteiger charge is 2.32. The van der Waals surface area contributed by atoms with Crippen LogP contribution in [0.5, 0.6) is 5.75 Å². The first kappa shape index (κ1) is 22.0. The number of anilines is 1. The summed E-state index contributed by atoms with van der Waals surface area (Å²) < 4.78 is 44.1. The van der Waals surface area contributed by atoms with Crippen molar-refractivity contribution in [2.75, 3.05) is 18.2 Å². The molecule has 8 heteroatoms. The summed E-state index contributed by atoms with van der Waals surface area (Å²) in [5.41, 5.74) is -2.90. The van der Waals surface area contributed by atoms with Crippen molar-refractivity contribution in [1.82, 2.24) is 4.98 Å². The van der Waals surface area contributed by atoms with Gasteiger partial charge in [-0.1, -0.05) is 42.5 Å². The standard InChI is InChI=1S/C24H19F3N2O2S/c1-31-19-10-9-16-12-18(8-7-17(16)13-19)20(14-32-24(25,26)27)23(30)29-21-6-2-4-15-5-3-11-28-22(15)21/h2-13,20H,14H2,1H3,(H,29,30)/t20-/m0/s1. The van der Waals surface area contributed by atoms with Gasteiger partial charge >= 0.3 is 5.51 Å². The molecular weight excluding hydrogens is 437 g/mol. The molecule has 4 aromatic rings. The van der Waals surface area contributed by atoms with Gasteiger partial charge in [0.15, 0.2) is 0 Å². The molecule has 1 atom stereocenters. The Labute approximate surface area is 186 Å². The first-order valence-corrected chi connectivity index (χ1v) is 10.8. The summed E-state index contributed by atoms with van der Waals surface area (Å²) in [4.78, 5) is 17.5. The maximum absolute atomic E-state index is 13.2. The molecule has 0 unspecified atom stereocenters. The van der Waals surface area contributed by atoms with E-state index in [1.54, 1.807) is 55.8 Å². The number of hydrogen-bond donors (Lipinski definition) is 1. The monoisotopic (exact) mass is 456 g/mol. The lowest BCUT2D eigenvalue weighted by atomic mass is 9.96. The molecule has 1 heterocycles. The molecule has 0 saturated carbocycles. The first-order valence-electron chi connectivity index (χ1n) is 9.77. The van der Waals surface area contributed by atoms with E-state index in [2.05, 4.69) is 10.3 Å². The summed E-state index contributed by atoms with van der Waals surface area (Å²) in [5.74, 6) is -1.29. The number of nitrogens with zero attached hydrogens (tertiary/aromatic N) is 1. The molecule has 4 nitrogen and oxygen atoms in total. The van der Waals surface area contributed by atoms with Crippen molar-refractivity contribution in [3.05, 3.63) is 78.5 Å². The van der Waals surface area contributed by atoms with E-state index in [1.807, 2.05) is 24.3 Å². The number of hydrogen-bond acceptors (Lipinski definition) is 4. The maximum atomic E-state index is 13.2. The topological polar surface area (TPSA) is 51.2 Å². The Balaban J connectivity index is 1.68. The van der Waals surface area contributed by atoms with E-state index < -0.39 is 23.1 Å². The molecule has 1 amide bonds. The fourth-order valence-corrected chi connectivity index (χ4v) is 4.21. The van der Waals surface area contributed by atoms with Crippen LogP contribution >= 0.6 is 11.8 Å². The number of nitrogens with one attached hydrogen (secondary N) is 1. The minimum absolute atomic E-state index is 0.206. The summed E-state index contributed by atoms with van der Waals surface area (Å²) in [6.45, 7) is 0. The number of thioether (sulfide) groups is 1. The van der Waals surface area contributed by atoms with Crippen LogP contribution in [0.4, 0.5) is 18.9 Å². The number of fused-ring (bicyclic) bond motifs is 2. The Kier molecular flexibility index (Phi) is 6.23.